The average Bonchev–Trinajstić information content (AvgIpc) is 2.32. The number of rotatable bonds is 3. The molecule has 1 heterocycles. The first-order valence-corrected chi connectivity index (χ1v) is 5.54. The molecule has 1 aromatic heterocycles. The number of nitrogens with zero attached hydrogens (tertiary/aromatic N) is 1. The Balaban J connectivity index is 2.14. The summed E-state index contributed by atoms with van der Waals surface area (Å²) in [4.78, 5) is 17.9. The number of aromatic nitrogens is 2. The molecule has 3 N–H and O–H groups in total. The van der Waals surface area contributed by atoms with Gasteiger partial charge in [-0.1, -0.05) is 19.1 Å². The minimum Gasteiger partial charge on any atom is -0.399 e. The number of nitrogens with one attached hydrogen (secondary N) is 1. The summed E-state index contributed by atoms with van der Waals surface area (Å²) in [5, 5.41) is 0. The lowest BCUT2D eigenvalue weighted by molar-refractivity contribution is 0.724. The van der Waals surface area contributed by atoms with Gasteiger partial charge in [-0.05, 0) is 24.1 Å². The van der Waals surface area contributed by atoms with E-state index >= 15 is 0 Å². The van der Waals surface area contributed by atoms with Crippen molar-refractivity contribution in [3.8, 4) is 0 Å². The van der Waals surface area contributed by atoms with Crippen molar-refractivity contribution in [3.05, 3.63) is 58.3 Å². The second-order valence-electron chi connectivity index (χ2n) is 4.18. The summed E-state index contributed by atoms with van der Waals surface area (Å²) in [6, 6.07) is 9.31. The smallest absolute Gasteiger partial charge is 0.250 e. The monoisotopic (exact) mass is 229 g/mol. The third kappa shape index (κ3) is 2.93. The van der Waals surface area contributed by atoms with E-state index < -0.39 is 0 Å². The van der Waals surface area contributed by atoms with Crippen LogP contribution >= 0.6 is 0 Å². The molecule has 2 aromatic rings. The van der Waals surface area contributed by atoms with E-state index in [9.17, 15) is 4.79 Å². The molecule has 1 atom stereocenters. The molecule has 0 aliphatic heterocycles. The summed E-state index contributed by atoms with van der Waals surface area (Å²) in [6.07, 6.45) is 2.29. The van der Waals surface area contributed by atoms with Crippen molar-refractivity contribution in [2.75, 3.05) is 5.73 Å². The number of benzene rings is 1. The van der Waals surface area contributed by atoms with Gasteiger partial charge in [0.05, 0.1) is 12.0 Å². The van der Waals surface area contributed by atoms with E-state index in [1.165, 1.54) is 11.9 Å². The molecular weight excluding hydrogens is 214 g/mol. The Kier molecular flexibility index (Phi) is 3.23. The van der Waals surface area contributed by atoms with E-state index in [1.54, 1.807) is 6.07 Å². The van der Waals surface area contributed by atoms with Gasteiger partial charge in [-0.3, -0.25) is 4.79 Å². The third-order valence-electron chi connectivity index (χ3n) is 2.73. The number of nitrogens with two attached hydrogens (primary N) is 1. The average molecular weight is 229 g/mol. The fourth-order valence-electron chi connectivity index (χ4n) is 1.77. The molecule has 4 heteroatoms. The molecule has 17 heavy (non-hydrogen) atoms. The van der Waals surface area contributed by atoms with Gasteiger partial charge in [0.2, 0.25) is 0 Å². The van der Waals surface area contributed by atoms with Crippen LogP contribution in [0.5, 0.6) is 0 Å². The van der Waals surface area contributed by atoms with Crippen LogP contribution in [0.2, 0.25) is 0 Å². The molecule has 0 bridgehead atoms. The fraction of sp³-hybridized carbons (Fsp3) is 0.231. The Morgan fingerprint density at radius 2 is 2.06 bits per heavy atom. The Bertz CT molecular complexity index is 545. The molecule has 2 rings (SSSR count). The summed E-state index contributed by atoms with van der Waals surface area (Å²) in [6.45, 7) is 2.05. The predicted molar refractivity (Wildman–Crippen MR) is 67.8 cm³/mol. The molecule has 0 saturated heterocycles. The lowest BCUT2D eigenvalue weighted by atomic mass is 9.98. The molecule has 1 aromatic carbocycles. The Morgan fingerprint density at radius 3 is 2.71 bits per heavy atom. The molecule has 0 radical (unpaired) electrons. The first-order valence-electron chi connectivity index (χ1n) is 5.54. The number of nitrogen functional groups attached to an aromatic ring is 1. The second-order valence-corrected chi connectivity index (χ2v) is 4.18. The van der Waals surface area contributed by atoms with Gasteiger partial charge in [-0.15, -0.1) is 0 Å². The van der Waals surface area contributed by atoms with Crippen molar-refractivity contribution in [2.45, 2.75) is 19.3 Å². The summed E-state index contributed by atoms with van der Waals surface area (Å²) in [5.41, 5.74) is 8.28. The van der Waals surface area contributed by atoms with Gasteiger partial charge in [0.15, 0.2) is 0 Å². The van der Waals surface area contributed by atoms with Gasteiger partial charge in [-0.2, -0.15) is 0 Å². The fourth-order valence-corrected chi connectivity index (χ4v) is 1.77. The van der Waals surface area contributed by atoms with E-state index in [0.29, 0.717) is 0 Å². The van der Waals surface area contributed by atoms with Gasteiger partial charge in [-0.25, -0.2) is 4.98 Å². The van der Waals surface area contributed by atoms with Crippen molar-refractivity contribution >= 4 is 5.69 Å². The van der Waals surface area contributed by atoms with Crippen LogP contribution in [-0.4, -0.2) is 9.97 Å². The van der Waals surface area contributed by atoms with Gasteiger partial charge < -0.3 is 10.7 Å². The maximum atomic E-state index is 11.2. The Morgan fingerprint density at radius 1 is 1.35 bits per heavy atom. The molecular formula is C13H15N3O. The number of hydrogen-bond donors (Lipinski definition) is 2. The highest BCUT2D eigenvalue weighted by Gasteiger charge is 2.08. The third-order valence-corrected chi connectivity index (χ3v) is 2.73. The topological polar surface area (TPSA) is 71.8 Å². The largest absolute Gasteiger partial charge is 0.399 e. The predicted octanol–water partition coefficient (Wildman–Crippen LogP) is 1.70. The molecule has 4 nitrogen and oxygen atoms in total. The van der Waals surface area contributed by atoms with Gasteiger partial charge in [0.1, 0.15) is 0 Å². The maximum Gasteiger partial charge on any atom is 0.250 e. The minimum atomic E-state index is -0.112. The zero-order chi connectivity index (χ0) is 12.3. The van der Waals surface area contributed by atoms with Gasteiger partial charge in [0, 0.05) is 17.7 Å². The van der Waals surface area contributed by atoms with E-state index in [1.807, 2.05) is 24.3 Å². The molecule has 0 amide bonds. The highest BCUT2D eigenvalue weighted by Crippen LogP contribution is 2.17. The van der Waals surface area contributed by atoms with Crippen LogP contribution in [0, 0.1) is 0 Å². The number of aromatic amines is 1. The van der Waals surface area contributed by atoms with E-state index in [0.717, 1.165) is 17.8 Å². The van der Waals surface area contributed by atoms with Crippen LogP contribution < -0.4 is 11.3 Å². The normalized spacial score (nSPS) is 12.3. The van der Waals surface area contributed by atoms with E-state index in [2.05, 4.69) is 16.9 Å². The van der Waals surface area contributed by atoms with E-state index in [-0.39, 0.29) is 11.5 Å². The van der Waals surface area contributed by atoms with Crippen LogP contribution in [0.3, 0.4) is 0 Å². The number of anilines is 1. The zero-order valence-electron chi connectivity index (χ0n) is 9.68. The molecule has 0 aliphatic carbocycles. The quantitative estimate of drug-likeness (QED) is 0.787. The van der Waals surface area contributed by atoms with Gasteiger partial charge >= 0.3 is 0 Å². The first kappa shape index (κ1) is 11.4. The highest BCUT2D eigenvalue weighted by molar-refractivity contribution is 5.39. The first-order chi connectivity index (χ1) is 8.15. The van der Waals surface area contributed by atoms with Crippen molar-refractivity contribution in [2.24, 2.45) is 0 Å². The number of H-pyrrole nitrogens is 1. The Labute approximate surface area is 99.5 Å². The summed E-state index contributed by atoms with van der Waals surface area (Å²) in [5.74, 6) is 0.209. The zero-order valence-corrected chi connectivity index (χ0v) is 9.68. The van der Waals surface area contributed by atoms with Crippen LogP contribution in [0.4, 0.5) is 5.69 Å². The highest BCUT2D eigenvalue weighted by atomic mass is 16.1. The van der Waals surface area contributed by atoms with Crippen molar-refractivity contribution in [1.82, 2.24) is 9.97 Å². The standard InChI is InChI=1S/C13H15N3O/c1-9(12-7-13(17)16-8-15-12)6-10-2-4-11(14)5-3-10/h2-5,7-9H,6,14H2,1H3,(H,15,16,17). The molecule has 0 aliphatic rings. The minimum absolute atomic E-state index is 0.112. The molecule has 0 fully saturated rings. The number of hydrogen-bond acceptors (Lipinski definition) is 3. The molecule has 1 unspecified atom stereocenters. The summed E-state index contributed by atoms with van der Waals surface area (Å²) >= 11 is 0. The second kappa shape index (κ2) is 4.82. The SMILES string of the molecule is CC(Cc1ccc(N)cc1)c1cc(=O)[nH]cn1. The summed E-state index contributed by atoms with van der Waals surface area (Å²) in [7, 11) is 0. The molecule has 0 spiro atoms. The summed E-state index contributed by atoms with van der Waals surface area (Å²) < 4.78 is 0. The van der Waals surface area contributed by atoms with Crippen LogP contribution in [0.15, 0.2) is 41.5 Å². The maximum absolute atomic E-state index is 11.2. The Hall–Kier alpha value is -2.10. The molecule has 0 saturated carbocycles. The lowest BCUT2D eigenvalue weighted by Crippen LogP contribution is -2.10. The van der Waals surface area contributed by atoms with Crippen LogP contribution in [0.25, 0.3) is 0 Å². The van der Waals surface area contributed by atoms with Crippen LogP contribution in [0.1, 0.15) is 24.1 Å². The lowest BCUT2D eigenvalue weighted by Gasteiger charge is -2.10. The van der Waals surface area contributed by atoms with Crippen molar-refractivity contribution < 1.29 is 0 Å². The van der Waals surface area contributed by atoms with Crippen LogP contribution in [-0.2, 0) is 6.42 Å². The van der Waals surface area contributed by atoms with Crippen molar-refractivity contribution in [1.29, 1.82) is 0 Å². The van der Waals surface area contributed by atoms with E-state index in [4.69, 9.17) is 5.73 Å². The molecule has 88 valence electrons. The van der Waals surface area contributed by atoms with Crippen molar-refractivity contribution in [3.63, 3.8) is 0 Å². The van der Waals surface area contributed by atoms with Gasteiger partial charge in [0.25, 0.3) is 5.56 Å².